The Balaban J connectivity index is 1.86. The van der Waals surface area contributed by atoms with E-state index < -0.39 is 6.10 Å². The lowest BCUT2D eigenvalue weighted by molar-refractivity contribution is -0.165. The van der Waals surface area contributed by atoms with Gasteiger partial charge in [-0.05, 0) is 57.1 Å². The first-order valence-electron chi connectivity index (χ1n) is 8.48. The molecule has 0 N–H and O–H groups in total. The van der Waals surface area contributed by atoms with E-state index in [-0.39, 0.29) is 12.1 Å². The van der Waals surface area contributed by atoms with Crippen molar-refractivity contribution in [3.63, 3.8) is 0 Å². The fourth-order valence-electron chi connectivity index (χ4n) is 2.97. The maximum atomic E-state index is 12.3. The lowest BCUT2D eigenvalue weighted by atomic mass is 9.98. The fourth-order valence-corrected chi connectivity index (χ4v) is 2.97. The molecule has 0 aliphatic heterocycles. The van der Waals surface area contributed by atoms with Crippen molar-refractivity contribution in [2.24, 2.45) is 0 Å². The van der Waals surface area contributed by atoms with E-state index in [0.717, 1.165) is 31.2 Å². The van der Waals surface area contributed by atoms with Crippen molar-refractivity contribution in [3.8, 4) is 0 Å². The predicted molar refractivity (Wildman–Crippen MR) is 87.7 cm³/mol. The monoisotopic (exact) mass is 304 g/mol. The molecule has 1 saturated carbocycles. The third kappa shape index (κ3) is 4.84. The van der Waals surface area contributed by atoms with Crippen LogP contribution in [0.5, 0.6) is 0 Å². The molecule has 1 unspecified atom stereocenters. The highest BCUT2D eigenvalue weighted by atomic mass is 16.6. The van der Waals surface area contributed by atoms with Gasteiger partial charge in [0.2, 0.25) is 0 Å². The Kier molecular flexibility index (Phi) is 6.44. The lowest BCUT2D eigenvalue weighted by Crippen LogP contribution is -2.31. The molecule has 22 heavy (non-hydrogen) atoms. The highest BCUT2D eigenvalue weighted by Gasteiger charge is 2.24. The molecular formula is C19H28O3. The molecule has 3 nitrogen and oxygen atoms in total. The Morgan fingerprint density at radius 1 is 1.23 bits per heavy atom. The second-order valence-corrected chi connectivity index (χ2v) is 6.33. The van der Waals surface area contributed by atoms with Crippen LogP contribution >= 0.6 is 0 Å². The van der Waals surface area contributed by atoms with Crippen molar-refractivity contribution in [1.82, 2.24) is 0 Å². The molecule has 1 atom stereocenters. The van der Waals surface area contributed by atoms with Gasteiger partial charge in [0, 0.05) is 0 Å². The summed E-state index contributed by atoms with van der Waals surface area (Å²) in [7, 11) is 0. The Labute approximate surface area is 134 Å². The number of hydrogen-bond acceptors (Lipinski definition) is 3. The molecule has 1 aliphatic carbocycles. The van der Waals surface area contributed by atoms with E-state index in [1.165, 1.54) is 17.5 Å². The number of carbonyl (C=O) groups excluding carboxylic acids is 1. The van der Waals surface area contributed by atoms with Crippen LogP contribution in [0.15, 0.2) is 18.2 Å². The summed E-state index contributed by atoms with van der Waals surface area (Å²) in [4.78, 5) is 12.3. The molecule has 0 bridgehead atoms. The van der Waals surface area contributed by atoms with Gasteiger partial charge in [-0.15, -0.1) is 0 Å². The number of ether oxygens (including phenoxy) is 2. The summed E-state index contributed by atoms with van der Waals surface area (Å²) in [6, 6.07) is 6.29. The first-order chi connectivity index (χ1) is 10.6. The molecular weight excluding hydrogens is 276 g/mol. The van der Waals surface area contributed by atoms with Gasteiger partial charge in [-0.3, -0.25) is 0 Å². The van der Waals surface area contributed by atoms with Gasteiger partial charge in [-0.1, -0.05) is 37.1 Å². The van der Waals surface area contributed by atoms with Crippen molar-refractivity contribution in [3.05, 3.63) is 34.9 Å². The van der Waals surface area contributed by atoms with Crippen molar-refractivity contribution in [1.29, 1.82) is 0 Å². The summed E-state index contributed by atoms with van der Waals surface area (Å²) < 4.78 is 11.4. The molecule has 0 aromatic heterocycles. The van der Waals surface area contributed by atoms with Crippen LogP contribution in [0.2, 0.25) is 0 Å². The molecule has 1 aromatic carbocycles. The number of esters is 1. The summed E-state index contributed by atoms with van der Waals surface area (Å²) >= 11 is 0. The van der Waals surface area contributed by atoms with Gasteiger partial charge in [0.25, 0.3) is 0 Å². The first kappa shape index (κ1) is 17.0. The Bertz CT molecular complexity index is 489. The summed E-state index contributed by atoms with van der Waals surface area (Å²) in [6.07, 6.45) is 5.88. The van der Waals surface area contributed by atoms with Crippen LogP contribution in [0.25, 0.3) is 0 Å². The predicted octanol–water partition coefficient (Wildman–Crippen LogP) is 4.47. The van der Waals surface area contributed by atoms with Gasteiger partial charge < -0.3 is 9.47 Å². The Morgan fingerprint density at radius 2 is 1.95 bits per heavy atom. The molecule has 0 spiro atoms. The second-order valence-electron chi connectivity index (χ2n) is 6.33. The summed E-state index contributed by atoms with van der Waals surface area (Å²) in [5.74, 6) is -0.195. The standard InChI is InChI=1S/C19H28O3/c1-4-18(19(20)22-17-8-6-5-7-9-17)21-13-16-11-10-14(2)12-15(16)3/h10-12,17-18H,4-9,13H2,1-3H3. The molecule has 1 aliphatic rings. The van der Waals surface area contributed by atoms with Gasteiger partial charge in [0.05, 0.1) is 6.61 Å². The smallest absolute Gasteiger partial charge is 0.335 e. The maximum Gasteiger partial charge on any atom is 0.335 e. The van der Waals surface area contributed by atoms with E-state index in [0.29, 0.717) is 13.0 Å². The summed E-state index contributed by atoms with van der Waals surface area (Å²) in [6.45, 7) is 6.58. The van der Waals surface area contributed by atoms with Gasteiger partial charge >= 0.3 is 5.97 Å². The number of carbonyl (C=O) groups is 1. The second kappa shape index (κ2) is 8.33. The highest BCUT2D eigenvalue weighted by Crippen LogP contribution is 2.21. The van der Waals surface area contributed by atoms with E-state index >= 15 is 0 Å². The number of aryl methyl sites for hydroxylation is 2. The molecule has 1 aromatic rings. The zero-order valence-electron chi connectivity index (χ0n) is 14.1. The topological polar surface area (TPSA) is 35.5 Å². The van der Waals surface area contributed by atoms with Gasteiger partial charge in [-0.2, -0.15) is 0 Å². The van der Waals surface area contributed by atoms with Gasteiger partial charge in [-0.25, -0.2) is 4.79 Å². The van der Waals surface area contributed by atoms with Crippen LogP contribution in [0.3, 0.4) is 0 Å². The highest BCUT2D eigenvalue weighted by molar-refractivity contribution is 5.74. The van der Waals surface area contributed by atoms with Crippen LogP contribution in [-0.2, 0) is 20.9 Å². The maximum absolute atomic E-state index is 12.3. The lowest BCUT2D eigenvalue weighted by Gasteiger charge is -2.24. The molecule has 2 rings (SSSR count). The minimum Gasteiger partial charge on any atom is -0.460 e. The Hall–Kier alpha value is -1.35. The van der Waals surface area contributed by atoms with Gasteiger partial charge in [0.1, 0.15) is 6.10 Å². The summed E-state index contributed by atoms with van der Waals surface area (Å²) in [5, 5.41) is 0. The third-order valence-electron chi connectivity index (χ3n) is 4.41. The molecule has 0 amide bonds. The van der Waals surface area contributed by atoms with Crippen LogP contribution in [0, 0.1) is 13.8 Å². The fraction of sp³-hybridized carbons (Fsp3) is 0.632. The van der Waals surface area contributed by atoms with Crippen molar-refractivity contribution < 1.29 is 14.3 Å². The molecule has 0 saturated heterocycles. The third-order valence-corrected chi connectivity index (χ3v) is 4.41. The van der Waals surface area contributed by atoms with Crippen molar-refractivity contribution in [2.75, 3.05) is 0 Å². The quantitative estimate of drug-likeness (QED) is 0.727. The molecule has 3 heteroatoms. The molecule has 122 valence electrons. The normalized spacial score (nSPS) is 17.2. The van der Waals surface area contributed by atoms with Crippen LogP contribution in [-0.4, -0.2) is 18.2 Å². The van der Waals surface area contributed by atoms with Crippen molar-refractivity contribution in [2.45, 2.75) is 78.1 Å². The zero-order chi connectivity index (χ0) is 15.9. The number of benzene rings is 1. The van der Waals surface area contributed by atoms with Crippen molar-refractivity contribution >= 4 is 5.97 Å². The van der Waals surface area contributed by atoms with E-state index in [1.54, 1.807) is 0 Å². The Morgan fingerprint density at radius 3 is 2.59 bits per heavy atom. The van der Waals surface area contributed by atoms with E-state index in [1.807, 2.05) is 6.92 Å². The van der Waals surface area contributed by atoms with Crippen LogP contribution in [0.4, 0.5) is 0 Å². The minimum absolute atomic E-state index is 0.0972. The zero-order valence-corrected chi connectivity index (χ0v) is 14.1. The number of rotatable bonds is 6. The minimum atomic E-state index is -0.456. The average Bonchev–Trinajstić information content (AvgIpc) is 2.50. The van der Waals surface area contributed by atoms with Crippen LogP contribution in [0.1, 0.15) is 62.1 Å². The van der Waals surface area contributed by atoms with E-state index in [4.69, 9.17) is 9.47 Å². The van der Waals surface area contributed by atoms with Gasteiger partial charge in [0.15, 0.2) is 6.10 Å². The largest absolute Gasteiger partial charge is 0.460 e. The van der Waals surface area contributed by atoms with E-state index in [2.05, 4.69) is 32.0 Å². The van der Waals surface area contributed by atoms with E-state index in [9.17, 15) is 4.79 Å². The molecule has 1 fully saturated rings. The first-order valence-corrected chi connectivity index (χ1v) is 8.48. The SMILES string of the molecule is CCC(OCc1ccc(C)cc1C)C(=O)OC1CCCCC1. The molecule has 0 heterocycles. The molecule has 0 radical (unpaired) electrons. The number of hydrogen-bond donors (Lipinski definition) is 0. The summed E-state index contributed by atoms with van der Waals surface area (Å²) in [5.41, 5.74) is 3.58. The average molecular weight is 304 g/mol. The van der Waals surface area contributed by atoms with Crippen LogP contribution < -0.4 is 0 Å².